The van der Waals surface area contributed by atoms with E-state index in [1.54, 1.807) is 0 Å². The van der Waals surface area contributed by atoms with Gasteiger partial charge in [-0.25, -0.2) is 4.79 Å². The summed E-state index contributed by atoms with van der Waals surface area (Å²) in [5.41, 5.74) is 0.446. The molecule has 98 valence electrons. The van der Waals surface area contributed by atoms with Crippen molar-refractivity contribution in [1.29, 1.82) is 0 Å². The van der Waals surface area contributed by atoms with Gasteiger partial charge in [0.1, 0.15) is 0 Å². The quantitative estimate of drug-likeness (QED) is 0.702. The topological polar surface area (TPSA) is 32.8 Å². The normalized spacial score (nSPS) is 24.8. The highest BCUT2D eigenvalue weighted by atomic mass is 16.5. The van der Waals surface area contributed by atoms with Gasteiger partial charge in [0, 0.05) is 26.2 Å². The summed E-state index contributed by atoms with van der Waals surface area (Å²) in [7, 11) is 0. The van der Waals surface area contributed by atoms with Gasteiger partial charge in [0.05, 0.1) is 13.2 Å². The maximum atomic E-state index is 12.2. The van der Waals surface area contributed by atoms with E-state index in [1.165, 1.54) is 6.42 Å². The molecule has 0 bridgehead atoms. The van der Waals surface area contributed by atoms with Crippen LogP contribution in [0.4, 0.5) is 4.79 Å². The second kappa shape index (κ2) is 5.25. The predicted molar refractivity (Wildman–Crippen MR) is 67.0 cm³/mol. The lowest BCUT2D eigenvalue weighted by Crippen LogP contribution is -2.51. The molecule has 2 aliphatic rings. The summed E-state index contributed by atoms with van der Waals surface area (Å²) < 4.78 is 5.28. The molecule has 2 fully saturated rings. The van der Waals surface area contributed by atoms with Gasteiger partial charge in [-0.2, -0.15) is 0 Å². The fraction of sp³-hybridized carbons (Fsp3) is 0.923. The van der Waals surface area contributed by atoms with Crippen LogP contribution in [0.15, 0.2) is 0 Å². The van der Waals surface area contributed by atoms with E-state index in [0.717, 1.165) is 39.0 Å². The standard InChI is InChI=1S/C13H24N2O2/c1-3-13(2)4-6-14(7-5-13)12(16)15-8-10-17-11-9-15/h3-11H2,1-2H3. The molecule has 0 radical (unpaired) electrons. The Morgan fingerprint density at radius 2 is 1.65 bits per heavy atom. The molecule has 4 heteroatoms. The number of morpholine rings is 1. The largest absolute Gasteiger partial charge is 0.378 e. The average molecular weight is 240 g/mol. The molecular formula is C13H24N2O2. The number of rotatable bonds is 1. The third kappa shape index (κ3) is 2.92. The second-order valence-corrected chi connectivity index (χ2v) is 5.53. The maximum absolute atomic E-state index is 12.2. The van der Waals surface area contributed by atoms with E-state index in [1.807, 2.05) is 9.80 Å². The number of amides is 2. The van der Waals surface area contributed by atoms with Crippen molar-refractivity contribution in [3.05, 3.63) is 0 Å². The van der Waals surface area contributed by atoms with Crippen molar-refractivity contribution in [1.82, 2.24) is 9.80 Å². The van der Waals surface area contributed by atoms with Crippen LogP contribution in [-0.2, 0) is 4.74 Å². The highest BCUT2D eigenvalue weighted by Crippen LogP contribution is 2.34. The number of urea groups is 1. The van der Waals surface area contributed by atoms with Crippen molar-refractivity contribution in [2.24, 2.45) is 5.41 Å². The van der Waals surface area contributed by atoms with Crippen molar-refractivity contribution < 1.29 is 9.53 Å². The zero-order chi connectivity index (χ0) is 12.3. The van der Waals surface area contributed by atoms with Gasteiger partial charge in [0.25, 0.3) is 0 Å². The average Bonchev–Trinajstić information content (AvgIpc) is 2.40. The molecule has 0 aromatic rings. The van der Waals surface area contributed by atoms with Crippen LogP contribution in [0.25, 0.3) is 0 Å². The van der Waals surface area contributed by atoms with Gasteiger partial charge in [0.15, 0.2) is 0 Å². The number of hydrogen-bond acceptors (Lipinski definition) is 2. The van der Waals surface area contributed by atoms with Crippen LogP contribution in [0.3, 0.4) is 0 Å². The third-order valence-corrected chi connectivity index (χ3v) is 4.38. The van der Waals surface area contributed by atoms with E-state index in [2.05, 4.69) is 13.8 Å². The number of likely N-dealkylation sites (tertiary alicyclic amines) is 1. The van der Waals surface area contributed by atoms with Crippen molar-refractivity contribution in [3.63, 3.8) is 0 Å². The smallest absolute Gasteiger partial charge is 0.320 e. The molecule has 2 rings (SSSR count). The van der Waals surface area contributed by atoms with E-state index in [4.69, 9.17) is 4.74 Å². The van der Waals surface area contributed by atoms with Gasteiger partial charge in [-0.05, 0) is 18.3 Å². The molecule has 0 unspecified atom stereocenters. The van der Waals surface area contributed by atoms with Gasteiger partial charge in [-0.1, -0.05) is 20.3 Å². The zero-order valence-corrected chi connectivity index (χ0v) is 11.1. The van der Waals surface area contributed by atoms with E-state index in [-0.39, 0.29) is 6.03 Å². The Morgan fingerprint density at radius 1 is 1.12 bits per heavy atom. The summed E-state index contributed by atoms with van der Waals surface area (Å²) >= 11 is 0. The summed E-state index contributed by atoms with van der Waals surface area (Å²) in [6, 6.07) is 0.214. The summed E-state index contributed by atoms with van der Waals surface area (Å²) in [6.07, 6.45) is 3.49. The van der Waals surface area contributed by atoms with Gasteiger partial charge < -0.3 is 14.5 Å². The van der Waals surface area contributed by atoms with Gasteiger partial charge in [-0.3, -0.25) is 0 Å². The highest BCUT2D eigenvalue weighted by molar-refractivity contribution is 5.74. The van der Waals surface area contributed by atoms with Crippen molar-refractivity contribution >= 4 is 6.03 Å². The first-order chi connectivity index (χ1) is 8.14. The summed E-state index contributed by atoms with van der Waals surface area (Å²) in [5.74, 6) is 0. The van der Waals surface area contributed by atoms with Crippen LogP contribution in [-0.4, -0.2) is 55.2 Å². The lowest BCUT2D eigenvalue weighted by Gasteiger charge is -2.41. The Bertz CT molecular complexity index is 267. The van der Waals surface area contributed by atoms with E-state index < -0.39 is 0 Å². The van der Waals surface area contributed by atoms with E-state index >= 15 is 0 Å². The SMILES string of the molecule is CCC1(C)CCN(C(=O)N2CCOCC2)CC1. The van der Waals surface area contributed by atoms with Gasteiger partial charge in [0.2, 0.25) is 0 Å². The van der Waals surface area contributed by atoms with Crippen LogP contribution < -0.4 is 0 Å². The van der Waals surface area contributed by atoms with Crippen LogP contribution in [0.1, 0.15) is 33.1 Å². The molecule has 0 saturated carbocycles. The lowest BCUT2D eigenvalue weighted by atomic mass is 9.78. The molecule has 0 atom stereocenters. The van der Waals surface area contributed by atoms with Crippen LogP contribution in [0, 0.1) is 5.41 Å². The molecule has 2 heterocycles. The zero-order valence-electron chi connectivity index (χ0n) is 11.1. The van der Waals surface area contributed by atoms with Crippen LogP contribution in [0.5, 0.6) is 0 Å². The van der Waals surface area contributed by atoms with Crippen LogP contribution in [0.2, 0.25) is 0 Å². The van der Waals surface area contributed by atoms with Gasteiger partial charge in [-0.15, -0.1) is 0 Å². The Morgan fingerprint density at radius 3 is 2.18 bits per heavy atom. The molecule has 0 aromatic carbocycles. The summed E-state index contributed by atoms with van der Waals surface area (Å²) in [4.78, 5) is 16.2. The predicted octanol–water partition coefficient (Wildman–Crippen LogP) is 1.95. The molecule has 0 spiro atoms. The molecule has 17 heavy (non-hydrogen) atoms. The van der Waals surface area contributed by atoms with Crippen molar-refractivity contribution in [3.8, 4) is 0 Å². The fourth-order valence-corrected chi connectivity index (χ4v) is 2.55. The van der Waals surface area contributed by atoms with Gasteiger partial charge >= 0.3 is 6.03 Å². The molecule has 2 amide bonds. The Labute approximate surface area is 104 Å². The number of ether oxygens (including phenoxy) is 1. The summed E-state index contributed by atoms with van der Waals surface area (Å²) in [5, 5.41) is 0. The van der Waals surface area contributed by atoms with Crippen molar-refractivity contribution in [2.75, 3.05) is 39.4 Å². The van der Waals surface area contributed by atoms with E-state index in [0.29, 0.717) is 18.6 Å². The minimum absolute atomic E-state index is 0.214. The number of hydrogen-bond donors (Lipinski definition) is 0. The number of nitrogens with zero attached hydrogens (tertiary/aromatic N) is 2. The maximum Gasteiger partial charge on any atom is 0.320 e. The minimum atomic E-state index is 0.214. The molecular weight excluding hydrogens is 216 g/mol. The molecule has 0 N–H and O–H groups in total. The Hall–Kier alpha value is -0.770. The van der Waals surface area contributed by atoms with Crippen molar-refractivity contribution in [2.45, 2.75) is 33.1 Å². The molecule has 4 nitrogen and oxygen atoms in total. The molecule has 2 saturated heterocycles. The number of carbonyl (C=O) groups excluding carboxylic acids is 1. The fourth-order valence-electron chi connectivity index (χ4n) is 2.55. The Kier molecular flexibility index (Phi) is 3.92. The third-order valence-electron chi connectivity index (χ3n) is 4.38. The molecule has 2 aliphatic heterocycles. The second-order valence-electron chi connectivity index (χ2n) is 5.53. The Balaban J connectivity index is 1.85. The minimum Gasteiger partial charge on any atom is -0.378 e. The molecule has 0 aromatic heterocycles. The monoisotopic (exact) mass is 240 g/mol. The first kappa shape index (κ1) is 12.7. The van der Waals surface area contributed by atoms with E-state index in [9.17, 15) is 4.79 Å². The first-order valence-corrected chi connectivity index (χ1v) is 6.76. The number of piperidine rings is 1. The molecule has 0 aliphatic carbocycles. The summed E-state index contributed by atoms with van der Waals surface area (Å²) in [6.45, 7) is 9.29. The highest BCUT2D eigenvalue weighted by Gasteiger charge is 2.32. The lowest BCUT2D eigenvalue weighted by molar-refractivity contribution is 0.0358. The first-order valence-electron chi connectivity index (χ1n) is 6.76. The van der Waals surface area contributed by atoms with Crippen LogP contribution >= 0.6 is 0 Å². The number of carbonyl (C=O) groups is 1.